The van der Waals surface area contributed by atoms with E-state index >= 15 is 0 Å². The number of hydrogen-bond donors (Lipinski definition) is 2. The number of nitrogens with zero attached hydrogens (tertiary/aromatic N) is 1. The molecule has 7 heteroatoms. The molecule has 1 aliphatic heterocycles. The van der Waals surface area contributed by atoms with E-state index in [4.69, 9.17) is 4.74 Å². The standard InChI is InChI=1S/C16H23N3O3.ClH/c1-12(17-2)8-18-16(21)14-10-22-11-15(20)19(14)9-13-6-4-3-5-7-13;/h3-7,12,14,17H,8-11H2,1-2H3,(H,18,21);1H/t12?,14-;/m1./s1. The highest BCUT2D eigenvalue weighted by molar-refractivity contribution is 5.89. The van der Waals surface area contributed by atoms with Crippen LogP contribution in [0.5, 0.6) is 0 Å². The fourth-order valence-electron chi connectivity index (χ4n) is 2.27. The van der Waals surface area contributed by atoms with Crippen molar-refractivity contribution in [1.82, 2.24) is 15.5 Å². The molecule has 0 aromatic heterocycles. The van der Waals surface area contributed by atoms with Crippen molar-refractivity contribution in [2.75, 3.05) is 26.8 Å². The number of carbonyl (C=O) groups is 2. The molecule has 1 saturated heterocycles. The third-order valence-corrected chi connectivity index (χ3v) is 3.77. The van der Waals surface area contributed by atoms with Crippen LogP contribution in [0.3, 0.4) is 0 Å². The predicted molar refractivity (Wildman–Crippen MR) is 90.4 cm³/mol. The zero-order chi connectivity index (χ0) is 15.9. The first-order valence-electron chi connectivity index (χ1n) is 7.48. The zero-order valence-corrected chi connectivity index (χ0v) is 14.3. The normalized spacial score (nSPS) is 19.0. The van der Waals surface area contributed by atoms with Gasteiger partial charge >= 0.3 is 0 Å². The molecule has 23 heavy (non-hydrogen) atoms. The van der Waals surface area contributed by atoms with Crippen LogP contribution in [-0.4, -0.2) is 55.6 Å². The first-order chi connectivity index (χ1) is 10.6. The molecule has 1 aromatic carbocycles. The number of halogens is 1. The van der Waals surface area contributed by atoms with Crippen molar-refractivity contribution in [3.63, 3.8) is 0 Å². The summed E-state index contributed by atoms with van der Waals surface area (Å²) in [4.78, 5) is 26.1. The maximum atomic E-state index is 12.4. The predicted octanol–water partition coefficient (Wildman–Crippen LogP) is 0.560. The van der Waals surface area contributed by atoms with Gasteiger partial charge in [-0.25, -0.2) is 0 Å². The van der Waals surface area contributed by atoms with Gasteiger partial charge in [0.15, 0.2) is 0 Å². The zero-order valence-electron chi connectivity index (χ0n) is 13.5. The lowest BCUT2D eigenvalue weighted by Crippen LogP contribution is -2.56. The van der Waals surface area contributed by atoms with Gasteiger partial charge < -0.3 is 20.3 Å². The van der Waals surface area contributed by atoms with E-state index in [0.717, 1.165) is 5.56 Å². The van der Waals surface area contributed by atoms with Crippen LogP contribution >= 0.6 is 12.4 Å². The number of carbonyl (C=O) groups excluding carboxylic acids is 2. The van der Waals surface area contributed by atoms with E-state index in [-0.39, 0.29) is 43.5 Å². The monoisotopic (exact) mass is 341 g/mol. The molecular formula is C16H24ClN3O3. The summed E-state index contributed by atoms with van der Waals surface area (Å²) in [5.41, 5.74) is 0.999. The van der Waals surface area contributed by atoms with E-state index in [1.807, 2.05) is 44.3 Å². The second kappa shape index (κ2) is 9.50. The van der Waals surface area contributed by atoms with Gasteiger partial charge in [0.1, 0.15) is 12.6 Å². The second-order valence-corrected chi connectivity index (χ2v) is 5.47. The van der Waals surface area contributed by atoms with E-state index in [2.05, 4.69) is 10.6 Å². The van der Waals surface area contributed by atoms with Gasteiger partial charge in [-0.1, -0.05) is 30.3 Å². The fraction of sp³-hybridized carbons (Fsp3) is 0.500. The Bertz CT molecular complexity index is 513. The highest BCUT2D eigenvalue weighted by Gasteiger charge is 2.33. The van der Waals surface area contributed by atoms with Crippen LogP contribution in [0.1, 0.15) is 12.5 Å². The maximum Gasteiger partial charge on any atom is 0.249 e. The van der Waals surface area contributed by atoms with Gasteiger partial charge in [-0.05, 0) is 19.5 Å². The third kappa shape index (κ3) is 5.49. The number of hydrogen-bond acceptors (Lipinski definition) is 4. The number of benzene rings is 1. The number of likely N-dealkylation sites (N-methyl/N-ethyl adjacent to an activating group) is 1. The molecule has 0 saturated carbocycles. The Balaban J connectivity index is 0.00000264. The third-order valence-electron chi connectivity index (χ3n) is 3.77. The van der Waals surface area contributed by atoms with Crippen LogP contribution in [0.25, 0.3) is 0 Å². The minimum Gasteiger partial charge on any atom is -0.369 e. The summed E-state index contributed by atoms with van der Waals surface area (Å²) in [6, 6.07) is 9.25. The van der Waals surface area contributed by atoms with Crippen molar-refractivity contribution in [1.29, 1.82) is 0 Å². The number of rotatable bonds is 6. The van der Waals surface area contributed by atoms with Crippen LogP contribution in [0.2, 0.25) is 0 Å². The number of amides is 2. The van der Waals surface area contributed by atoms with Crippen LogP contribution in [0.4, 0.5) is 0 Å². The summed E-state index contributed by atoms with van der Waals surface area (Å²) < 4.78 is 5.25. The topological polar surface area (TPSA) is 70.7 Å². The van der Waals surface area contributed by atoms with Gasteiger partial charge in [0.25, 0.3) is 0 Å². The summed E-state index contributed by atoms with van der Waals surface area (Å²) in [5.74, 6) is -0.331. The lowest BCUT2D eigenvalue weighted by atomic mass is 10.1. The molecule has 2 rings (SSSR count). The summed E-state index contributed by atoms with van der Waals surface area (Å²) in [6.07, 6.45) is 0. The lowest BCUT2D eigenvalue weighted by Gasteiger charge is -2.34. The molecule has 0 bridgehead atoms. The van der Waals surface area contributed by atoms with Gasteiger partial charge in [-0.15, -0.1) is 12.4 Å². The lowest BCUT2D eigenvalue weighted by molar-refractivity contribution is -0.155. The Labute approximate surface area is 143 Å². The fourth-order valence-corrected chi connectivity index (χ4v) is 2.27. The van der Waals surface area contributed by atoms with Crippen LogP contribution in [-0.2, 0) is 20.9 Å². The maximum absolute atomic E-state index is 12.4. The highest BCUT2D eigenvalue weighted by atomic mass is 35.5. The summed E-state index contributed by atoms with van der Waals surface area (Å²) in [6.45, 7) is 3.17. The molecule has 1 aliphatic rings. The Morgan fingerprint density at radius 3 is 2.74 bits per heavy atom. The molecular weight excluding hydrogens is 318 g/mol. The number of morpholine rings is 1. The smallest absolute Gasteiger partial charge is 0.249 e. The van der Waals surface area contributed by atoms with Crippen molar-refractivity contribution in [2.45, 2.75) is 25.6 Å². The summed E-state index contributed by atoms with van der Waals surface area (Å²) in [5, 5.41) is 5.92. The van der Waals surface area contributed by atoms with Crippen LogP contribution in [0, 0.1) is 0 Å². The number of ether oxygens (including phenoxy) is 1. The van der Waals surface area contributed by atoms with Gasteiger partial charge in [-0.2, -0.15) is 0 Å². The summed E-state index contributed by atoms with van der Waals surface area (Å²) >= 11 is 0. The largest absolute Gasteiger partial charge is 0.369 e. The minimum absolute atomic E-state index is 0. The molecule has 2 amide bonds. The number of nitrogens with one attached hydrogen (secondary N) is 2. The molecule has 1 fully saturated rings. The Hall–Kier alpha value is -1.63. The first-order valence-corrected chi connectivity index (χ1v) is 7.48. The van der Waals surface area contributed by atoms with E-state index in [1.165, 1.54) is 0 Å². The SMILES string of the molecule is CNC(C)CNC(=O)[C@H]1COCC(=O)N1Cc1ccccc1.Cl. The Morgan fingerprint density at radius 1 is 1.39 bits per heavy atom. The highest BCUT2D eigenvalue weighted by Crippen LogP contribution is 2.13. The molecule has 2 N–H and O–H groups in total. The van der Waals surface area contributed by atoms with E-state index in [0.29, 0.717) is 13.1 Å². The van der Waals surface area contributed by atoms with E-state index in [9.17, 15) is 9.59 Å². The van der Waals surface area contributed by atoms with Gasteiger partial charge in [0.2, 0.25) is 11.8 Å². The van der Waals surface area contributed by atoms with Crippen molar-refractivity contribution < 1.29 is 14.3 Å². The van der Waals surface area contributed by atoms with Crippen molar-refractivity contribution in [3.05, 3.63) is 35.9 Å². The van der Waals surface area contributed by atoms with Gasteiger partial charge in [0.05, 0.1) is 6.61 Å². The minimum atomic E-state index is -0.578. The van der Waals surface area contributed by atoms with Crippen molar-refractivity contribution >= 4 is 24.2 Å². The van der Waals surface area contributed by atoms with Crippen LogP contribution < -0.4 is 10.6 Å². The quantitative estimate of drug-likeness (QED) is 0.793. The molecule has 0 aliphatic carbocycles. The molecule has 1 aromatic rings. The molecule has 2 atom stereocenters. The molecule has 1 unspecified atom stereocenters. The van der Waals surface area contributed by atoms with Crippen LogP contribution in [0.15, 0.2) is 30.3 Å². The first kappa shape index (κ1) is 19.4. The Morgan fingerprint density at radius 2 is 2.09 bits per heavy atom. The van der Waals surface area contributed by atoms with E-state index < -0.39 is 6.04 Å². The van der Waals surface area contributed by atoms with E-state index in [1.54, 1.807) is 4.90 Å². The Kier molecular flexibility index (Phi) is 8.02. The molecule has 0 radical (unpaired) electrons. The molecule has 128 valence electrons. The average molecular weight is 342 g/mol. The molecule has 1 heterocycles. The van der Waals surface area contributed by atoms with Crippen molar-refractivity contribution in [3.8, 4) is 0 Å². The molecule has 0 spiro atoms. The van der Waals surface area contributed by atoms with Gasteiger partial charge in [-0.3, -0.25) is 9.59 Å². The summed E-state index contributed by atoms with van der Waals surface area (Å²) in [7, 11) is 1.84. The molecule has 6 nitrogen and oxygen atoms in total. The van der Waals surface area contributed by atoms with Gasteiger partial charge in [0, 0.05) is 19.1 Å². The second-order valence-electron chi connectivity index (χ2n) is 5.47. The van der Waals surface area contributed by atoms with Crippen molar-refractivity contribution in [2.24, 2.45) is 0 Å². The average Bonchev–Trinajstić information content (AvgIpc) is 2.55.